The third kappa shape index (κ3) is 4.24. The lowest BCUT2D eigenvalue weighted by Crippen LogP contribution is -2.38. The smallest absolute Gasteiger partial charge is 0.449 e. The van der Waals surface area contributed by atoms with E-state index in [0.717, 1.165) is 40.8 Å². The second-order valence-electron chi connectivity index (χ2n) is 7.50. The Morgan fingerprint density at radius 1 is 1.10 bits per heavy atom. The minimum absolute atomic E-state index is 0.0215. The van der Waals surface area contributed by atoms with Gasteiger partial charge in [-0.25, -0.2) is 4.79 Å². The molecule has 0 saturated heterocycles. The second kappa shape index (κ2) is 8.71. The molecule has 0 radical (unpaired) electrons. The molecule has 1 amide bonds. The predicted molar refractivity (Wildman–Crippen MR) is 118 cm³/mol. The highest BCUT2D eigenvalue weighted by Gasteiger charge is 2.33. The Kier molecular flexibility index (Phi) is 5.86. The number of nitrogens with zero attached hydrogens (tertiary/aromatic N) is 1. The topological polar surface area (TPSA) is 66.8 Å². The largest absolute Gasteiger partial charge is 0.512 e. The number of anilines is 1. The van der Waals surface area contributed by atoms with Crippen LogP contribution in [0.2, 0.25) is 0 Å². The van der Waals surface area contributed by atoms with Crippen molar-refractivity contribution in [2.75, 3.05) is 4.90 Å². The fourth-order valence-electron chi connectivity index (χ4n) is 3.57. The average Bonchev–Trinajstić information content (AvgIpc) is 3.09. The summed E-state index contributed by atoms with van der Waals surface area (Å²) < 4.78 is 5.12. The van der Waals surface area contributed by atoms with E-state index in [0.29, 0.717) is 12.2 Å². The second-order valence-corrected chi connectivity index (χ2v) is 8.51. The molecule has 5 nitrogen and oxygen atoms in total. The number of aryl methyl sites for hydroxylation is 1. The molecule has 0 bridgehead atoms. The maximum atomic E-state index is 13.4. The molecule has 4 rings (SSSR count). The standard InChI is InChI=1S/C24H23NO4S/c1-16-8-5-6-11-19(16)15-25(22(26)18-12-7-13-18)20-14-21(17-9-3-2-4-10-17)30-23(20)29-24(27)28/h2-6,8-11,14,18H,7,12-13,15H2,1H3,(H,27,28). The van der Waals surface area contributed by atoms with Crippen molar-refractivity contribution >= 4 is 29.1 Å². The van der Waals surface area contributed by atoms with Crippen molar-refractivity contribution < 1.29 is 19.4 Å². The van der Waals surface area contributed by atoms with E-state index in [4.69, 9.17) is 4.74 Å². The molecule has 6 heteroatoms. The molecule has 30 heavy (non-hydrogen) atoms. The van der Waals surface area contributed by atoms with Gasteiger partial charge >= 0.3 is 6.16 Å². The minimum atomic E-state index is -1.38. The molecule has 1 saturated carbocycles. The molecule has 0 aliphatic heterocycles. The van der Waals surface area contributed by atoms with Crippen LogP contribution in [0.1, 0.15) is 30.4 Å². The molecule has 154 valence electrons. The molecular weight excluding hydrogens is 398 g/mol. The van der Waals surface area contributed by atoms with Gasteiger partial charge < -0.3 is 14.7 Å². The molecule has 1 aliphatic rings. The number of ether oxygens (including phenoxy) is 1. The Labute approximate surface area is 179 Å². The van der Waals surface area contributed by atoms with Crippen LogP contribution in [0.15, 0.2) is 60.7 Å². The van der Waals surface area contributed by atoms with Crippen molar-refractivity contribution in [3.8, 4) is 15.5 Å². The fraction of sp³-hybridized carbons (Fsp3) is 0.250. The first kappa shape index (κ1) is 20.2. The van der Waals surface area contributed by atoms with E-state index < -0.39 is 6.16 Å². The first-order valence-corrected chi connectivity index (χ1v) is 10.8. The van der Waals surface area contributed by atoms with E-state index in [9.17, 15) is 14.7 Å². The van der Waals surface area contributed by atoms with Crippen molar-refractivity contribution in [1.82, 2.24) is 0 Å². The number of carbonyl (C=O) groups excluding carboxylic acids is 1. The first-order valence-electron chi connectivity index (χ1n) is 9.99. The third-order valence-corrected chi connectivity index (χ3v) is 6.57. The average molecular weight is 422 g/mol. The lowest BCUT2D eigenvalue weighted by atomic mass is 9.84. The van der Waals surface area contributed by atoms with Crippen LogP contribution in [0.25, 0.3) is 10.4 Å². The van der Waals surface area contributed by atoms with E-state index in [2.05, 4.69) is 0 Å². The number of hydrogen-bond acceptors (Lipinski definition) is 4. The monoisotopic (exact) mass is 421 g/mol. The number of amides is 1. The Hall–Kier alpha value is -3.12. The number of carbonyl (C=O) groups is 2. The van der Waals surface area contributed by atoms with E-state index in [1.54, 1.807) is 4.90 Å². The van der Waals surface area contributed by atoms with E-state index >= 15 is 0 Å². The van der Waals surface area contributed by atoms with Crippen LogP contribution in [0.3, 0.4) is 0 Å². The molecular formula is C24H23NO4S. The first-order chi connectivity index (χ1) is 14.5. The Balaban J connectivity index is 1.78. The molecule has 1 aliphatic carbocycles. The quantitative estimate of drug-likeness (QED) is 0.487. The molecule has 1 N–H and O–H groups in total. The molecule has 0 spiro atoms. The lowest BCUT2D eigenvalue weighted by molar-refractivity contribution is -0.124. The minimum Gasteiger partial charge on any atom is -0.449 e. The summed E-state index contributed by atoms with van der Waals surface area (Å²) in [5, 5.41) is 9.50. The number of benzene rings is 2. The third-order valence-electron chi connectivity index (χ3n) is 5.52. The number of carboxylic acid groups (broad SMARTS) is 1. The maximum Gasteiger partial charge on any atom is 0.512 e. The van der Waals surface area contributed by atoms with Crippen molar-refractivity contribution in [1.29, 1.82) is 0 Å². The molecule has 1 heterocycles. The van der Waals surface area contributed by atoms with Gasteiger partial charge in [-0.2, -0.15) is 0 Å². The summed E-state index contributed by atoms with van der Waals surface area (Å²) in [6.07, 6.45) is 1.40. The van der Waals surface area contributed by atoms with Gasteiger partial charge in [0.05, 0.1) is 12.2 Å². The Morgan fingerprint density at radius 2 is 1.80 bits per heavy atom. The summed E-state index contributed by atoms with van der Waals surface area (Å²) in [5.41, 5.74) is 3.58. The van der Waals surface area contributed by atoms with Gasteiger partial charge in [0.2, 0.25) is 11.0 Å². The van der Waals surface area contributed by atoms with Gasteiger partial charge in [-0.15, -0.1) is 0 Å². The van der Waals surface area contributed by atoms with Crippen LogP contribution in [-0.2, 0) is 11.3 Å². The fourth-order valence-corrected chi connectivity index (χ4v) is 4.58. The van der Waals surface area contributed by atoms with Crippen LogP contribution in [0, 0.1) is 12.8 Å². The van der Waals surface area contributed by atoms with E-state index in [1.165, 1.54) is 11.3 Å². The normalized spacial score (nSPS) is 13.5. The van der Waals surface area contributed by atoms with E-state index in [1.807, 2.05) is 67.6 Å². The summed E-state index contributed by atoms with van der Waals surface area (Å²) in [6.45, 7) is 2.39. The van der Waals surface area contributed by atoms with Crippen molar-refractivity contribution in [2.24, 2.45) is 5.92 Å². The Morgan fingerprint density at radius 3 is 2.43 bits per heavy atom. The zero-order valence-electron chi connectivity index (χ0n) is 16.7. The molecule has 1 fully saturated rings. The summed E-state index contributed by atoms with van der Waals surface area (Å²) in [6, 6.07) is 19.5. The zero-order chi connectivity index (χ0) is 21.1. The van der Waals surface area contributed by atoms with Gasteiger partial charge in [-0.1, -0.05) is 72.4 Å². The van der Waals surface area contributed by atoms with Gasteiger partial charge in [0.15, 0.2) is 0 Å². The molecule has 1 aromatic heterocycles. The van der Waals surface area contributed by atoms with Crippen molar-refractivity contribution in [2.45, 2.75) is 32.7 Å². The summed E-state index contributed by atoms with van der Waals surface area (Å²) in [5.74, 6) is 0.00363. The molecule has 0 unspecified atom stereocenters. The highest BCUT2D eigenvalue weighted by Crippen LogP contribution is 2.45. The number of hydrogen-bond donors (Lipinski definition) is 1. The lowest BCUT2D eigenvalue weighted by Gasteiger charge is -2.32. The van der Waals surface area contributed by atoms with Crippen molar-refractivity contribution in [3.63, 3.8) is 0 Å². The summed E-state index contributed by atoms with van der Waals surface area (Å²) in [4.78, 5) is 27.3. The summed E-state index contributed by atoms with van der Waals surface area (Å²) in [7, 11) is 0. The van der Waals surface area contributed by atoms with Gasteiger partial charge in [-0.05, 0) is 42.5 Å². The van der Waals surface area contributed by atoms with Gasteiger partial charge in [0.1, 0.15) is 0 Å². The highest BCUT2D eigenvalue weighted by atomic mass is 32.1. The Bertz CT molecular complexity index is 1060. The van der Waals surface area contributed by atoms with Crippen molar-refractivity contribution in [3.05, 3.63) is 71.8 Å². The summed E-state index contributed by atoms with van der Waals surface area (Å²) >= 11 is 1.24. The molecule has 2 aromatic carbocycles. The number of rotatable bonds is 6. The van der Waals surface area contributed by atoms with Gasteiger partial charge in [0, 0.05) is 10.8 Å². The molecule has 0 atom stereocenters. The van der Waals surface area contributed by atoms with Crippen LogP contribution in [0.4, 0.5) is 10.5 Å². The number of thiophene rings is 1. The maximum absolute atomic E-state index is 13.4. The van der Waals surface area contributed by atoms with Crippen LogP contribution < -0.4 is 9.64 Å². The molecule has 3 aromatic rings. The highest BCUT2D eigenvalue weighted by molar-refractivity contribution is 7.18. The van der Waals surface area contributed by atoms with Gasteiger partial charge in [-0.3, -0.25) is 4.79 Å². The SMILES string of the molecule is Cc1ccccc1CN(C(=O)C1CCC1)c1cc(-c2ccccc2)sc1OC(=O)O. The van der Waals surface area contributed by atoms with E-state index in [-0.39, 0.29) is 16.9 Å². The van der Waals surface area contributed by atoms with Crippen LogP contribution >= 0.6 is 11.3 Å². The predicted octanol–water partition coefficient (Wildman–Crippen LogP) is 6.11. The van der Waals surface area contributed by atoms with Crippen LogP contribution in [-0.4, -0.2) is 17.2 Å². The van der Waals surface area contributed by atoms with Crippen LogP contribution in [0.5, 0.6) is 5.06 Å². The zero-order valence-corrected chi connectivity index (χ0v) is 17.5. The van der Waals surface area contributed by atoms with Gasteiger partial charge in [0.25, 0.3) is 0 Å².